The van der Waals surface area contributed by atoms with E-state index in [1.807, 2.05) is 19.1 Å². The molecule has 2 unspecified atom stereocenters. The summed E-state index contributed by atoms with van der Waals surface area (Å²) in [6.45, 7) is 3.64. The Balaban J connectivity index is 3.83. The molecule has 0 amide bonds. The molecule has 0 rings (SSSR count). The van der Waals surface area contributed by atoms with Gasteiger partial charge in [0.25, 0.3) is 0 Å². The van der Waals surface area contributed by atoms with Gasteiger partial charge in [-0.25, -0.2) is 0 Å². The molecule has 0 saturated heterocycles. The van der Waals surface area contributed by atoms with E-state index in [0.29, 0.717) is 25.7 Å². The first-order chi connectivity index (χ1) is 11.0. The minimum absolute atomic E-state index is 0.0640. The summed E-state index contributed by atoms with van der Waals surface area (Å²) >= 11 is 0. The second kappa shape index (κ2) is 13.8. The monoisotopic (exact) mass is 320 g/mol. The highest BCUT2D eigenvalue weighted by molar-refractivity contribution is 5.91. The third kappa shape index (κ3) is 12.4. The van der Waals surface area contributed by atoms with Gasteiger partial charge in [0.1, 0.15) is 0 Å². The number of esters is 1. The minimum atomic E-state index is -0.544. The molecule has 0 aliphatic heterocycles. The summed E-state index contributed by atoms with van der Waals surface area (Å²) in [5.41, 5.74) is 0. The number of methoxy groups -OCH3 is 1. The molecule has 0 aromatic heterocycles. The fourth-order valence-electron chi connectivity index (χ4n) is 1.82. The van der Waals surface area contributed by atoms with Crippen molar-refractivity contribution in [2.45, 2.75) is 58.5 Å². The molecule has 1 N–H and O–H groups in total. The minimum Gasteiger partial charge on any atom is -0.469 e. The summed E-state index contributed by atoms with van der Waals surface area (Å²) in [4.78, 5) is 22.7. The maximum atomic E-state index is 11.7. The van der Waals surface area contributed by atoms with Crippen LogP contribution in [-0.4, -0.2) is 30.1 Å². The molecule has 0 bridgehead atoms. The molecule has 0 fully saturated rings. The van der Waals surface area contributed by atoms with Gasteiger partial charge < -0.3 is 9.84 Å². The first-order valence-corrected chi connectivity index (χ1v) is 8.02. The van der Waals surface area contributed by atoms with Crippen molar-refractivity contribution in [1.82, 2.24) is 0 Å². The van der Waals surface area contributed by atoms with E-state index in [4.69, 9.17) is 0 Å². The predicted molar refractivity (Wildman–Crippen MR) is 91.6 cm³/mol. The summed E-state index contributed by atoms with van der Waals surface area (Å²) in [6.07, 6.45) is 10.1. The molecule has 2 atom stereocenters. The normalized spacial score (nSPS) is 13.6. The van der Waals surface area contributed by atoms with Crippen molar-refractivity contribution in [2.75, 3.05) is 7.11 Å². The standard InChI is InChI=1S/C19H28O4/c1-4-5-11-16(2)18(21)14-9-7-6-8-12-17(20)13-10-15-19(22)23-3/h8-9,12,14,16-17,20H,6-7,10-11,13,15H2,1-3H3. The van der Waals surface area contributed by atoms with Gasteiger partial charge in [-0.2, -0.15) is 0 Å². The summed E-state index contributed by atoms with van der Waals surface area (Å²) < 4.78 is 4.53. The molecule has 0 aliphatic carbocycles. The van der Waals surface area contributed by atoms with E-state index >= 15 is 0 Å². The van der Waals surface area contributed by atoms with E-state index < -0.39 is 6.10 Å². The molecular formula is C19H28O4. The van der Waals surface area contributed by atoms with Gasteiger partial charge in [0.2, 0.25) is 0 Å². The zero-order valence-corrected chi connectivity index (χ0v) is 14.4. The van der Waals surface area contributed by atoms with Crippen LogP contribution in [0.15, 0.2) is 24.3 Å². The molecular weight excluding hydrogens is 292 g/mol. The lowest BCUT2D eigenvalue weighted by Gasteiger charge is -2.04. The Kier molecular flexibility index (Phi) is 12.7. The molecule has 0 aliphatic rings. The Morgan fingerprint density at radius 1 is 1.26 bits per heavy atom. The highest BCUT2D eigenvalue weighted by atomic mass is 16.5. The highest BCUT2D eigenvalue weighted by Crippen LogP contribution is 2.06. The van der Waals surface area contributed by atoms with E-state index in [2.05, 4.69) is 16.6 Å². The fraction of sp³-hybridized carbons (Fsp3) is 0.579. The third-order valence-corrected chi connectivity index (χ3v) is 3.32. The van der Waals surface area contributed by atoms with Gasteiger partial charge in [0, 0.05) is 18.8 Å². The number of carbonyl (C=O) groups excluding carboxylic acids is 2. The molecule has 0 saturated carbocycles. The Morgan fingerprint density at radius 2 is 1.96 bits per heavy atom. The van der Waals surface area contributed by atoms with E-state index in [1.165, 1.54) is 7.11 Å². The third-order valence-electron chi connectivity index (χ3n) is 3.32. The molecule has 0 aromatic carbocycles. The topological polar surface area (TPSA) is 63.6 Å². The molecule has 0 aromatic rings. The van der Waals surface area contributed by atoms with Crippen molar-refractivity contribution in [3.05, 3.63) is 24.3 Å². The first-order valence-electron chi connectivity index (χ1n) is 8.02. The number of ether oxygens (including phenoxy) is 1. The van der Waals surface area contributed by atoms with E-state index in [0.717, 1.165) is 12.8 Å². The van der Waals surface area contributed by atoms with Crippen LogP contribution in [0.2, 0.25) is 0 Å². The summed E-state index contributed by atoms with van der Waals surface area (Å²) in [7, 11) is 1.36. The number of rotatable bonds is 11. The number of hydrogen-bond acceptors (Lipinski definition) is 4. The fourth-order valence-corrected chi connectivity index (χ4v) is 1.82. The number of aliphatic hydroxyl groups excluding tert-OH is 1. The average molecular weight is 320 g/mol. The Bertz CT molecular complexity index is 465. The molecule has 0 heterocycles. The molecule has 0 spiro atoms. The van der Waals surface area contributed by atoms with Gasteiger partial charge in [-0.1, -0.05) is 25.2 Å². The van der Waals surface area contributed by atoms with Crippen molar-refractivity contribution in [3.8, 4) is 11.8 Å². The number of ketones is 1. The molecule has 128 valence electrons. The van der Waals surface area contributed by atoms with Crippen LogP contribution >= 0.6 is 0 Å². The SMILES string of the molecule is CC#CCC(C)C(=O)C=CCCC=CC(O)CCCC(=O)OC. The van der Waals surface area contributed by atoms with E-state index in [1.54, 1.807) is 19.1 Å². The molecule has 23 heavy (non-hydrogen) atoms. The van der Waals surface area contributed by atoms with Crippen LogP contribution in [0.1, 0.15) is 52.4 Å². The highest BCUT2D eigenvalue weighted by Gasteiger charge is 2.07. The van der Waals surface area contributed by atoms with Gasteiger partial charge in [0.15, 0.2) is 5.78 Å². The smallest absolute Gasteiger partial charge is 0.305 e. The van der Waals surface area contributed by atoms with Crippen LogP contribution in [0.3, 0.4) is 0 Å². The summed E-state index contributed by atoms with van der Waals surface area (Å²) in [5, 5.41) is 9.71. The van der Waals surface area contributed by atoms with Crippen LogP contribution in [0.4, 0.5) is 0 Å². The average Bonchev–Trinajstić information content (AvgIpc) is 2.55. The Labute approximate surface area is 139 Å². The lowest BCUT2D eigenvalue weighted by atomic mass is 10.0. The van der Waals surface area contributed by atoms with Crippen LogP contribution in [0, 0.1) is 17.8 Å². The number of allylic oxidation sites excluding steroid dienone is 3. The maximum absolute atomic E-state index is 11.7. The number of unbranched alkanes of at least 4 members (excludes halogenated alkanes) is 1. The number of carbonyl (C=O) groups is 2. The quantitative estimate of drug-likeness (QED) is 0.209. The first kappa shape index (κ1) is 21.1. The summed E-state index contributed by atoms with van der Waals surface area (Å²) in [5.74, 6) is 5.47. The molecule has 4 heteroatoms. The van der Waals surface area contributed by atoms with Crippen LogP contribution in [-0.2, 0) is 14.3 Å². The zero-order valence-electron chi connectivity index (χ0n) is 14.4. The van der Waals surface area contributed by atoms with Gasteiger partial charge in [-0.15, -0.1) is 11.8 Å². The van der Waals surface area contributed by atoms with E-state index in [9.17, 15) is 14.7 Å². The lowest BCUT2D eigenvalue weighted by Crippen LogP contribution is -2.06. The van der Waals surface area contributed by atoms with Crippen molar-refractivity contribution in [1.29, 1.82) is 0 Å². The van der Waals surface area contributed by atoms with Crippen LogP contribution in [0.25, 0.3) is 0 Å². The maximum Gasteiger partial charge on any atom is 0.305 e. The zero-order chi connectivity index (χ0) is 17.5. The second-order valence-corrected chi connectivity index (χ2v) is 5.38. The Hall–Kier alpha value is -1.86. The van der Waals surface area contributed by atoms with Crippen molar-refractivity contribution in [3.63, 3.8) is 0 Å². The molecule has 0 radical (unpaired) electrons. The number of aliphatic hydroxyl groups is 1. The molecule has 4 nitrogen and oxygen atoms in total. The Morgan fingerprint density at radius 3 is 2.61 bits per heavy atom. The predicted octanol–water partition coefficient (Wildman–Crippen LogP) is 3.20. The largest absolute Gasteiger partial charge is 0.469 e. The van der Waals surface area contributed by atoms with Crippen molar-refractivity contribution < 1.29 is 19.4 Å². The van der Waals surface area contributed by atoms with E-state index in [-0.39, 0.29) is 17.7 Å². The lowest BCUT2D eigenvalue weighted by molar-refractivity contribution is -0.140. The second-order valence-electron chi connectivity index (χ2n) is 5.38. The van der Waals surface area contributed by atoms with Gasteiger partial charge in [-0.3, -0.25) is 9.59 Å². The van der Waals surface area contributed by atoms with Crippen molar-refractivity contribution in [2.24, 2.45) is 5.92 Å². The van der Waals surface area contributed by atoms with Crippen LogP contribution in [0.5, 0.6) is 0 Å². The van der Waals surface area contributed by atoms with Gasteiger partial charge in [0.05, 0.1) is 13.2 Å². The van der Waals surface area contributed by atoms with Crippen LogP contribution < -0.4 is 0 Å². The van der Waals surface area contributed by atoms with Gasteiger partial charge in [-0.05, 0) is 38.7 Å². The summed E-state index contributed by atoms with van der Waals surface area (Å²) in [6, 6.07) is 0. The van der Waals surface area contributed by atoms with Gasteiger partial charge >= 0.3 is 5.97 Å². The number of hydrogen-bond donors (Lipinski definition) is 1. The van der Waals surface area contributed by atoms with Crippen molar-refractivity contribution >= 4 is 11.8 Å².